The van der Waals surface area contributed by atoms with Gasteiger partial charge in [-0.05, 0) is 37.8 Å². The van der Waals surface area contributed by atoms with Gasteiger partial charge in [-0.3, -0.25) is 9.59 Å². The molecule has 0 spiro atoms. The van der Waals surface area contributed by atoms with Crippen LogP contribution in [0.15, 0.2) is 48.5 Å². The Balaban J connectivity index is 2.17. The largest absolute Gasteiger partial charge is 0.357 e. The maximum atomic E-state index is 13.0. The number of benzene rings is 2. The van der Waals surface area contributed by atoms with Crippen molar-refractivity contribution in [2.45, 2.75) is 52.6 Å². The van der Waals surface area contributed by atoms with Crippen LogP contribution in [0.1, 0.15) is 42.0 Å². The molecule has 0 aliphatic carbocycles. The zero-order valence-electron chi connectivity index (χ0n) is 16.8. The van der Waals surface area contributed by atoms with Gasteiger partial charge in [0.15, 0.2) is 0 Å². The van der Waals surface area contributed by atoms with Gasteiger partial charge < -0.3 is 10.2 Å². The molecule has 0 aromatic heterocycles. The summed E-state index contributed by atoms with van der Waals surface area (Å²) < 4.78 is 0. The third-order valence-corrected chi connectivity index (χ3v) is 4.82. The number of rotatable bonds is 8. The summed E-state index contributed by atoms with van der Waals surface area (Å²) in [5.74, 6) is -0.110. The van der Waals surface area contributed by atoms with Gasteiger partial charge in [-0.25, -0.2) is 0 Å². The molecule has 2 rings (SSSR count). The monoisotopic (exact) mass is 366 g/mol. The number of amides is 2. The summed E-state index contributed by atoms with van der Waals surface area (Å²) in [6, 6.07) is 15.9. The molecule has 4 heteroatoms. The Morgan fingerprint density at radius 2 is 1.70 bits per heavy atom. The lowest BCUT2D eigenvalue weighted by Gasteiger charge is -2.30. The second-order valence-electron chi connectivity index (χ2n) is 7.03. The van der Waals surface area contributed by atoms with Crippen molar-refractivity contribution >= 4 is 11.8 Å². The Morgan fingerprint density at radius 3 is 2.30 bits per heavy atom. The summed E-state index contributed by atoms with van der Waals surface area (Å²) in [7, 11) is 1.62. The predicted molar refractivity (Wildman–Crippen MR) is 109 cm³/mol. The van der Waals surface area contributed by atoms with Gasteiger partial charge in [0.05, 0.1) is 0 Å². The van der Waals surface area contributed by atoms with E-state index in [-0.39, 0.29) is 11.8 Å². The van der Waals surface area contributed by atoms with Gasteiger partial charge >= 0.3 is 0 Å². The van der Waals surface area contributed by atoms with E-state index >= 15 is 0 Å². The van der Waals surface area contributed by atoms with Crippen LogP contribution < -0.4 is 5.32 Å². The summed E-state index contributed by atoms with van der Waals surface area (Å²) in [5.41, 5.74) is 4.53. The SMILES string of the molecule is CCC(C(=O)NC)N(Cc1cccc(C)c1)C(=O)CCc1ccc(C)cc1. The van der Waals surface area contributed by atoms with Crippen molar-refractivity contribution in [1.29, 1.82) is 0 Å². The molecular weight excluding hydrogens is 336 g/mol. The van der Waals surface area contributed by atoms with Crippen molar-refractivity contribution in [3.05, 3.63) is 70.8 Å². The molecule has 2 amide bonds. The predicted octanol–water partition coefficient (Wildman–Crippen LogP) is 3.79. The fourth-order valence-corrected chi connectivity index (χ4v) is 3.24. The maximum Gasteiger partial charge on any atom is 0.242 e. The summed E-state index contributed by atoms with van der Waals surface area (Å²) in [4.78, 5) is 27.1. The van der Waals surface area contributed by atoms with E-state index in [1.54, 1.807) is 11.9 Å². The van der Waals surface area contributed by atoms with Crippen molar-refractivity contribution in [1.82, 2.24) is 10.2 Å². The summed E-state index contributed by atoms with van der Waals surface area (Å²) in [5, 5.41) is 2.70. The lowest BCUT2D eigenvalue weighted by atomic mass is 10.0. The topological polar surface area (TPSA) is 49.4 Å². The number of nitrogens with one attached hydrogen (secondary N) is 1. The van der Waals surface area contributed by atoms with Crippen LogP contribution in [0.5, 0.6) is 0 Å². The fraction of sp³-hybridized carbons (Fsp3) is 0.391. The van der Waals surface area contributed by atoms with E-state index in [4.69, 9.17) is 0 Å². The molecule has 0 saturated carbocycles. The van der Waals surface area contributed by atoms with Gasteiger partial charge in [0.1, 0.15) is 6.04 Å². The Morgan fingerprint density at radius 1 is 1.00 bits per heavy atom. The van der Waals surface area contributed by atoms with Crippen molar-refractivity contribution in [2.24, 2.45) is 0 Å². The minimum absolute atomic E-state index is 0.00697. The van der Waals surface area contributed by atoms with Gasteiger partial charge in [0, 0.05) is 20.0 Å². The molecule has 0 radical (unpaired) electrons. The van der Waals surface area contributed by atoms with Crippen molar-refractivity contribution in [2.75, 3.05) is 7.05 Å². The van der Waals surface area contributed by atoms with E-state index in [0.717, 1.165) is 16.7 Å². The highest BCUT2D eigenvalue weighted by atomic mass is 16.2. The average Bonchev–Trinajstić information content (AvgIpc) is 2.67. The quantitative estimate of drug-likeness (QED) is 0.773. The van der Waals surface area contributed by atoms with E-state index in [0.29, 0.717) is 25.8 Å². The van der Waals surface area contributed by atoms with E-state index < -0.39 is 6.04 Å². The molecule has 0 aliphatic heterocycles. The number of hydrogen-bond acceptors (Lipinski definition) is 2. The molecule has 0 bridgehead atoms. The van der Waals surface area contributed by atoms with Crippen LogP contribution in [0.2, 0.25) is 0 Å². The zero-order chi connectivity index (χ0) is 19.8. The highest BCUT2D eigenvalue weighted by Gasteiger charge is 2.27. The first-order chi connectivity index (χ1) is 12.9. The van der Waals surface area contributed by atoms with Crippen LogP contribution in [-0.4, -0.2) is 29.8 Å². The highest BCUT2D eigenvalue weighted by Crippen LogP contribution is 2.16. The number of hydrogen-bond donors (Lipinski definition) is 1. The lowest BCUT2D eigenvalue weighted by molar-refractivity contribution is -0.141. The number of likely N-dealkylation sites (N-methyl/N-ethyl adjacent to an activating group) is 1. The van der Waals surface area contributed by atoms with E-state index in [1.807, 2.05) is 39.0 Å². The second kappa shape index (κ2) is 9.91. The maximum absolute atomic E-state index is 13.0. The summed E-state index contributed by atoms with van der Waals surface area (Å²) in [6.45, 7) is 6.47. The Hall–Kier alpha value is -2.62. The van der Waals surface area contributed by atoms with Gasteiger partial charge in [0.25, 0.3) is 0 Å². The third-order valence-electron chi connectivity index (χ3n) is 4.82. The van der Waals surface area contributed by atoms with Gasteiger partial charge in [0.2, 0.25) is 11.8 Å². The Bertz CT molecular complexity index is 768. The van der Waals surface area contributed by atoms with Crippen LogP contribution in [0.25, 0.3) is 0 Å². The Kier molecular flexibility index (Phi) is 7.59. The zero-order valence-corrected chi connectivity index (χ0v) is 16.8. The van der Waals surface area contributed by atoms with Crippen LogP contribution in [0.4, 0.5) is 0 Å². The molecule has 1 N–H and O–H groups in total. The first-order valence-electron chi connectivity index (χ1n) is 9.56. The van der Waals surface area contributed by atoms with Crippen molar-refractivity contribution in [3.63, 3.8) is 0 Å². The molecule has 1 atom stereocenters. The van der Waals surface area contributed by atoms with Crippen LogP contribution in [-0.2, 0) is 22.6 Å². The minimum Gasteiger partial charge on any atom is -0.357 e. The molecule has 0 aliphatic rings. The number of nitrogens with zero attached hydrogens (tertiary/aromatic N) is 1. The third kappa shape index (κ3) is 5.95. The molecule has 0 saturated heterocycles. The fourth-order valence-electron chi connectivity index (χ4n) is 3.24. The Labute approximate surface area is 162 Å². The van der Waals surface area contributed by atoms with Crippen LogP contribution >= 0.6 is 0 Å². The normalized spacial score (nSPS) is 11.7. The number of aryl methyl sites for hydroxylation is 3. The van der Waals surface area contributed by atoms with Gasteiger partial charge in [-0.2, -0.15) is 0 Å². The average molecular weight is 367 g/mol. The van der Waals surface area contributed by atoms with E-state index in [1.165, 1.54) is 5.56 Å². The molecular formula is C23H30N2O2. The van der Waals surface area contributed by atoms with Gasteiger partial charge in [-0.15, -0.1) is 0 Å². The standard InChI is InChI=1S/C23H30N2O2/c1-5-21(23(27)24-4)25(16-20-8-6-7-18(3)15-20)22(26)14-13-19-11-9-17(2)10-12-19/h6-12,15,21H,5,13-14,16H2,1-4H3,(H,24,27). The van der Waals surface area contributed by atoms with Crippen molar-refractivity contribution in [3.8, 4) is 0 Å². The first kappa shape index (κ1) is 20.7. The molecule has 2 aromatic rings. The number of carbonyl (C=O) groups excluding carboxylic acids is 2. The molecule has 144 valence electrons. The van der Waals surface area contributed by atoms with Crippen LogP contribution in [0, 0.1) is 13.8 Å². The molecule has 0 heterocycles. The first-order valence-corrected chi connectivity index (χ1v) is 9.56. The summed E-state index contributed by atoms with van der Waals surface area (Å²) in [6.07, 6.45) is 1.65. The molecule has 1 unspecified atom stereocenters. The molecule has 0 fully saturated rings. The minimum atomic E-state index is -0.457. The summed E-state index contributed by atoms with van der Waals surface area (Å²) >= 11 is 0. The highest BCUT2D eigenvalue weighted by molar-refractivity contribution is 5.87. The number of carbonyl (C=O) groups is 2. The molecule has 27 heavy (non-hydrogen) atoms. The van der Waals surface area contributed by atoms with Crippen LogP contribution in [0.3, 0.4) is 0 Å². The smallest absolute Gasteiger partial charge is 0.242 e. The van der Waals surface area contributed by atoms with Gasteiger partial charge in [-0.1, -0.05) is 66.6 Å². The van der Waals surface area contributed by atoms with E-state index in [2.05, 4.69) is 35.6 Å². The van der Waals surface area contributed by atoms with E-state index in [9.17, 15) is 9.59 Å². The second-order valence-corrected chi connectivity index (χ2v) is 7.03. The lowest BCUT2D eigenvalue weighted by Crippen LogP contribution is -2.48. The van der Waals surface area contributed by atoms with Crippen molar-refractivity contribution < 1.29 is 9.59 Å². The molecule has 4 nitrogen and oxygen atoms in total. The molecule has 2 aromatic carbocycles.